The maximum atomic E-state index is 8.47. The molecule has 0 aliphatic carbocycles. The molecule has 0 aromatic rings. The Hall–Kier alpha value is 0.170. The first kappa shape index (κ1) is 11.2. The first-order valence-corrected chi connectivity index (χ1v) is 3.85. The third kappa shape index (κ3) is 4.58. The molecule has 1 rings (SSSR count). The maximum Gasteiger partial charge on any atom is 0.0620 e. The molecule has 68 valence electrons. The van der Waals surface area contributed by atoms with E-state index < -0.39 is 0 Å². The highest BCUT2D eigenvalue weighted by molar-refractivity contribution is 5.85. The number of halogens is 1. The minimum atomic E-state index is 0. The van der Waals surface area contributed by atoms with Gasteiger partial charge in [0.25, 0.3) is 0 Å². The van der Waals surface area contributed by atoms with Gasteiger partial charge in [-0.05, 0) is 19.4 Å². The molecule has 0 bridgehead atoms. The molecule has 0 aromatic heterocycles. The molecule has 1 aliphatic heterocycles. The van der Waals surface area contributed by atoms with Gasteiger partial charge in [-0.3, -0.25) is 0 Å². The van der Waals surface area contributed by atoms with Gasteiger partial charge in [-0.15, -0.1) is 12.4 Å². The van der Waals surface area contributed by atoms with Gasteiger partial charge >= 0.3 is 0 Å². The SMILES string of the molecule is Cl.OCCCNC1CCOC1. The minimum absolute atomic E-state index is 0. The van der Waals surface area contributed by atoms with Crippen molar-refractivity contribution in [3.8, 4) is 0 Å². The van der Waals surface area contributed by atoms with Crippen LogP contribution in [0.4, 0.5) is 0 Å². The van der Waals surface area contributed by atoms with E-state index in [0.717, 1.165) is 32.6 Å². The summed E-state index contributed by atoms with van der Waals surface area (Å²) in [4.78, 5) is 0. The van der Waals surface area contributed by atoms with E-state index in [1.807, 2.05) is 0 Å². The third-order valence-corrected chi connectivity index (χ3v) is 1.70. The van der Waals surface area contributed by atoms with Crippen LogP contribution in [0.5, 0.6) is 0 Å². The van der Waals surface area contributed by atoms with Gasteiger partial charge in [-0.1, -0.05) is 0 Å². The van der Waals surface area contributed by atoms with Gasteiger partial charge < -0.3 is 15.2 Å². The van der Waals surface area contributed by atoms with Gasteiger partial charge in [0.05, 0.1) is 6.61 Å². The molecule has 0 saturated carbocycles. The summed E-state index contributed by atoms with van der Waals surface area (Å²) >= 11 is 0. The maximum absolute atomic E-state index is 8.47. The van der Waals surface area contributed by atoms with Crippen LogP contribution in [0.25, 0.3) is 0 Å². The average Bonchev–Trinajstić information content (AvgIpc) is 2.41. The average molecular weight is 182 g/mol. The largest absolute Gasteiger partial charge is 0.396 e. The Morgan fingerprint density at radius 2 is 2.36 bits per heavy atom. The van der Waals surface area contributed by atoms with E-state index in [2.05, 4.69) is 5.32 Å². The Bertz CT molecular complexity index is 86.5. The van der Waals surface area contributed by atoms with Gasteiger partial charge in [0.15, 0.2) is 0 Å². The number of aliphatic hydroxyl groups is 1. The second-order valence-corrected chi connectivity index (χ2v) is 2.59. The molecule has 11 heavy (non-hydrogen) atoms. The van der Waals surface area contributed by atoms with Gasteiger partial charge in [0, 0.05) is 19.3 Å². The highest BCUT2D eigenvalue weighted by atomic mass is 35.5. The molecule has 3 nitrogen and oxygen atoms in total. The topological polar surface area (TPSA) is 41.5 Å². The highest BCUT2D eigenvalue weighted by Crippen LogP contribution is 2.02. The third-order valence-electron chi connectivity index (χ3n) is 1.70. The fraction of sp³-hybridized carbons (Fsp3) is 1.00. The van der Waals surface area contributed by atoms with Crippen LogP contribution in [0.3, 0.4) is 0 Å². The van der Waals surface area contributed by atoms with Crippen molar-refractivity contribution < 1.29 is 9.84 Å². The predicted octanol–water partition coefficient (Wildman–Crippen LogP) is 0.169. The molecule has 1 aliphatic rings. The first-order chi connectivity index (χ1) is 4.93. The summed E-state index contributed by atoms with van der Waals surface area (Å²) < 4.78 is 5.16. The second kappa shape index (κ2) is 6.85. The van der Waals surface area contributed by atoms with Crippen molar-refractivity contribution in [3.05, 3.63) is 0 Å². The van der Waals surface area contributed by atoms with Crippen LogP contribution in [0.2, 0.25) is 0 Å². The summed E-state index contributed by atoms with van der Waals surface area (Å²) in [5.74, 6) is 0. The standard InChI is InChI=1S/C7H15NO2.ClH/c9-4-1-3-8-7-2-5-10-6-7;/h7-9H,1-6H2;1H. The minimum Gasteiger partial charge on any atom is -0.396 e. The van der Waals surface area contributed by atoms with E-state index in [1.54, 1.807) is 0 Å². The molecule has 1 atom stereocenters. The molecule has 1 fully saturated rings. The van der Waals surface area contributed by atoms with Crippen LogP contribution in [0.15, 0.2) is 0 Å². The fourth-order valence-corrected chi connectivity index (χ4v) is 1.08. The molecule has 2 N–H and O–H groups in total. The molecule has 0 spiro atoms. The zero-order valence-corrected chi connectivity index (χ0v) is 7.40. The molecule has 1 unspecified atom stereocenters. The van der Waals surface area contributed by atoms with E-state index in [9.17, 15) is 0 Å². The predicted molar refractivity (Wildman–Crippen MR) is 46.2 cm³/mol. The highest BCUT2D eigenvalue weighted by Gasteiger charge is 2.13. The Kier molecular flexibility index (Phi) is 6.96. The van der Waals surface area contributed by atoms with Crippen LogP contribution in [-0.2, 0) is 4.74 Å². The summed E-state index contributed by atoms with van der Waals surface area (Å²) in [6.45, 7) is 2.91. The van der Waals surface area contributed by atoms with E-state index in [-0.39, 0.29) is 19.0 Å². The monoisotopic (exact) mass is 181 g/mol. The lowest BCUT2D eigenvalue weighted by atomic mass is 10.2. The van der Waals surface area contributed by atoms with Crippen molar-refractivity contribution >= 4 is 12.4 Å². The van der Waals surface area contributed by atoms with Gasteiger partial charge in [0.2, 0.25) is 0 Å². The van der Waals surface area contributed by atoms with Crippen LogP contribution >= 0.6 is 12.4 Å². The lowest BCUT2D eigenvalue weighted by Crippen LogP contribution is -2.30. The molecule has 0 radical (unpaired) electrons. The number of nitrogens with one attached hydrogen (secondary N) is 1. The Balaban J connectivity index is 0.000001000. The first-order valence-electron chi connectivity index (χ1n) is 3.85. The lowest BCUT2D eigenvalue weighted by Gasteiger charge is -2.08. The van der Waals surface area contributed by atoms with Crippen molar-refractivity contribution in [1.82, 2.24) is 5.32 Å². The number of rotatable bonds is 4. The number of hydrogen-bond acceptors (Lipinski definition) is 3. The zero-order valence-electron chi connectivity index (χ0n) is 6.58. The smallest absolute Gasteiger partial charge is 0.0620 e. The van der Waals surface area contributed by atoms with Crippen molar-refractivity contribution in [1.29, 1.82) is 0 Å². The van der Waals surface area contributed by atoms with Gasteiger partial charge in [-0.2, -0.15) is 0 Å². The van der Waals surface area contributed by atoms with Crippen LogP contribution in [-0.4, -0.2) is 37.5 Å². The summed E-state index contributed by atoms with van der Waals surface area (Å²) in [5, 5.41) is 11.8. The summed E-state index contributed by atoms with van der Waals surface area (Å²) in [7, 11) is 0. The molecular weight excluding hydrogens is 166 g/mol. The van der Waals surface area contributed by atoms with Gasteiger partial charge in [-0.25, -0.2) is 0 Å². The Morgan fingerprint density at radius 1 is 1.55 bits per heavy atom. The summed E-state index contributed by atoms with van der Waals surface area (Å²) in [6, 6.07) is 0.534. The molecule has 0 amide bonds. The van der Waals surface area contributed by atoms with E-state index >= 15 is 0 Å². The van der Waals surface area contributed by atoms with Crippen molar-refractivity contribution in [2.75, 3.05) is 26.4 Å². The van der Waals surface area contributed by atoms with E-state index in [1.165, 1.54) is 0 Å². The fourth-order valence-electron chi connectivity index (χ4n) is 1.08. The normalized spacial score (nSPS) is 23.2. The summed E-state index contributed by atoms with van der Waals surface area (Å²) in [5.41, 5.74) is 0. The molecule has 1 saturated heterocycles. The number of hydrogen-bond donors (Lipinski definition) is 2. The Labute approximate surface area is 73.5 Å². The molecule has 0 aromatic carbocycles. The van der Waals surface area contributed by atoms with E-state index in [4.69, 9.17) is 9.84 Å². The van der Waals surface area contributed by atoms with Crippen molar-refractivity contribution in [2.45, 2.75) is 18.9 Å². The Morgan fingerprint density at radius 3 is 2.91 bits per heavy atom. The molecule has 1 heterocycles. The van der Waals surface area contributed by atoms with Crippen LogP contribution in [0.1, 0.15) is 12.8 Å². The zero-order chi connectivity index (χ0) is 7.23. The quantitative estimate of drug-likeness (QED) is 0.608. The molecule has 4 heteroatoms. The van der Waals surface area contributed by atoms with Crippen LogP contribution in [0, 0.1) is 0 Å². The summed E-state index contributed by atoms with van der Waals surface area (Å²) in [6.07, 6.45) is 1.96. The van der Waals surface area contributed by atoms with Crippen molar-refractivity contribution in [2.24, 2.45) is 0 Å². The molecular formula is C7H16ClNO2. The van der Waals surface area contributed by atoms with E-state index in [0.29, 0.717) is 6.04 Å². The van der Waals surface area contributed by atoms with Crippen molar-refractivity contribution in [3.63, 3.8) is 0 Å². The number of aliphatic hydroxyl groups excluding tert-OH is 1. The second-order valence-electron chi connectivity index (χ2n) is 2.59. The number of ether oxygens (including phenoxy) is 1. The van der Waals surface area contributed by atoms with Gasteiger partial charge in [0.1, 0.15) is 0 Å². The lowest BCUT2D eigenvalue weighted by molar-refractivity contribution is 0.189. The van der Waals surface area contributed by atoms with Crippen LogP contribution < -0.4 is 5.32 Å².